The average molecular weight is 251 g/mol. The Bertz CT molecular complexity index is 586. The molecule has 19 heavy (non-hydrogen) atoms. The highest BCUT2D eigenvalue weighted by atomic mass is 14.9. The summed E-state index contributed by atoms with van der Waals surface area (Å²) in [4.78, 5) is 0. The molecule has 1 N–H and O–H groups in total. The molecule has 0 fully saturated rings. The molecular weight excluding hydrogens is 230 g/mol. The van der Waals surface area contributed by atoms with Crippen LogP contribution in [0.2, 0.25) is 0 Å². The van der Waals surface area contributed by atoms with Crippen molar-refractivity contribution in [1.29, 1.82) is 0 Å². The average Bonchev–Trinajstić information content (AvgIpc) is 2.46. The second-order valence-corrected chi connectivity index (χ2v) is 5.38. The summed E-state index contributed by atoms with van der Waals surface area (Å²) in [6.45, 7) is 5.51. The van der Waals surface area contributed by atoms with Crippen LogP contribution in [0.5, 0.6) is 0 Å². The van der Waals surface area contributed by atoms with Crippen molar-refractivity contribution in [1.82, 2.24) is 5.32 Å². The summed E-state index contributed by atoms with van der Waals surface area (Å²) in [5.41, 5.74) is 7.18. The van der Waals surface area contributed by atoms with Crippen LogP contribution in [-0.2, 0) is 12.8 Å². The Labute approximate surface area is 115 Å². The van der Waals surface area contributed by atoms with Crippen molar-refractivity contribution in [3.8, 4) is 0 Å². The third kappa shape index (κ3) is 2.31. The topological polar surface area (TPSA) is 12.0 Å². The predicted molar refractivity (Wildman–Crippen MR) is 80.5 cm³/mol. The van der Waals surface area contributed by atoms with Gasteiger partial charge in [-0.15, -0.1) is 0 Å². The van der Waals surface area contributed by atoms with E-state index in [1.807, 2.05) is 0 Å². The summed E-state index contributed by atoms with van der Waals surface area (Å²) in [5, 5.41) is 3.67. The van der Waals surface area contributed by atoms with Crippen molar-refractivity contribution in [3.05, 3.63) is 70.3 Å². The standard InChI is InChI=1S/C18H21N/c1-3-14-8-9-16(13(2)12-14)18-17-7-5-4-6-15(17)10-11-19-18/h4-9,12,18-19H,3,10-11H2,1-2H3. The van der Waals surface area contributed by atoms with Gasteiger partial charge in [-0.3, -0.25) is 0 Å². The number of fused-ring (bicyclic) bond motifs is 1. The molecule has 3 rings (SSSR count). The molecule has 0 aromatic heterocycles. The van der Waals surface area contributed by atoms with Crippen molar-refractivity contribution in [3.63, 3.8) is 0 Å². The molecule has 0 radical (unpaired) electrons. The zero-order valence-electron chi connectivity index (χ0n) is 11.7. The molecule has 1 heteroatoms. The summed E-state index contributed by atoms with van der Waals surface area (Å²) in [6, 6.07) is 16.1. The molecule has 0 bridgehead atoms. The SMILES string of the molecule is CCc1ccc(C2NCCc3ccccc32)c(C)c1. The minimum atomic E-state index is 0.357. The van der Waals surface area contributed by atoms with Gasteiger partial charge >= 0.3 is 0 Å². The quantitative estimate of drug-likeness (QED) is 0.856. The Hall–Kier alpha value is -1.60. The predicted octanol–water partition coefficient (Wildman–Crippen LogP) is 3.79. The van der Waals surface area contributed by atoms with Crippen molar-refractivity contribution in [2.24, 2.45) is 0 Å². The first-order valence-corrected chi connectivity index (χ1v) is 7.20. The Balaban J connectivity index is 2.04. The Kier molecular flexibility index (Phi) is 3.39. The number of nitrogens with one attached hydrogen (secondary N) is 1. The van der Waals surface area contributed by atoms with E-state index in [1.165, 1.54) is 27.8 Å². The highest BCUT2D eigenvalue weighted by molar-refractivity contribution is 5.43. The summed E-state index contributed by atoms with van der Waals surface area (Å²) < 4.78 is 0. The van der Waals surface area contributed by atoms with E-state index in [9.17, 15) is 0 Å². The van der Waals surface area contributed by atoms with Crippen LogP contribution < -0.4 is 5.32 Å². The maximum absolute atomic E-state index is 3.67. The number of hydrogen-bond donors (Lipinski definition) is 1. The van der Waals surface area contributed by atoms with E-state index in [1.54, 1.807) is 0 Å². The lowest BCUT2D eigenvalue weighted by Gasteiger charge is -2.28. The number of hydrogen-bond acceptors (Lipinski definition) is 1. The fourth-order valence-corrected chi connectivity index (χ4v) is 3.06. The third-order valence-corrected chi connectivity index (χ3v) is 4.16. The number of aryl methyl sites for hydroxylation is 2. The Morgan fingerprint density at radius 1 is 1.11 bits per heavy atom. The monoisotopic (exact) mass is 251 g/mol. The summed E-state index contributed by atoms with van der Waals surface area (Å²) in [6.07, 6.45) is 2.24. The highest BCUT2D eigenvalue weighted by Gasteiger charge is 2.21. The molecule has 98 valence electrons. The van der Waals surface area contributed by atoms with Crippen LogP contribution in [0.3, 0.4) is 0 Å². The van der Waals surface area contributed by atoms with E-state index in [4.69, 9.17) is 0 Å². The van der Waals surface area contributed by atoms with Crippen LogP contribution in [0.4, 0.5) is 0 Å². The lowest BCUT2D eigenvalue weighted by molar-refractivity contribution is 0.565. The summed E-state index contributed by atoms with van der Waals surface area (Å²) in [5.74, 6) is 0. The molecule has 2 aromatic carbocycles. The minimum absolute atomic E-state index is 0.357. The molecule has 1 aliphatic rings. The van der Waals surface area contributed by atoms with E-state index < -0.39 is 0 Å². The zero-order chi connectivity index (χ0) is 13.2. The maximum atomic E-state index is 3.67. The van der Waals surface area contributed by atoms with E-state index >= 15 is 0 Å². The molecular formula is C18H21N. The molecule has 0 saturated carbocycles. The molecule has 0 aliphatic carbocycles. The highest BCUT2D eigenvalue weighted by Crippen LogP contribution is 2.30. The van der Waals surface area contributed by atoms with E-state index in [0.29, 0.717) is 6.04 Å². The van der Waals surface area contributed by atoms with Crippen LogP contribution in [0.25, 0.3) is 0 Å². The molecule has 0 amide bonds. The second kappa shape index (κ2) is 5.18. The van der Waals surface area contributed by atoms with Crippen molar-refractivity contribution in [2.75, 3.05) is 6.54 Å². The first-order chi connectivity index (χ1) is 9.29. The fourth-order valence-electron chi connectivity index (χ4n) is 3.06. The molecule has 0 spiro atoms. The lowest BCUT2D eigenvalue weighted by Crippen LogP contribution is -2.31. The van der Waals surface area contributed by atoms with Crippen LogP contribution in [-0.4, -0.2) is 6.54 Å². The van der Waals surface area contributed by atoms with Gasteiger partial charge in [0.25, 0.3) is 0 Å². The van der Waals surface area contributed by atoms with Crippen LogP contribution >= 0.6 is 0 Å². The second-order valence-electron chi connectivity index (χ2n) is 5.38. The Morgan fingerprint density at radius 2 is 1.95 bits per heavy atom. The van der Waals surface area contributed by atoms with Gasteiger partial charge in [-0.1, -0.05) is 49.4 Å². The normalized spacial score (nSPS) is 18.1. The summed E-state index contributed by atoms with van der Waals surface area (Å²) >= 11 is 0. The first kappa shape index (κ1) is 12.4. The van der Waals surface area contributed by atoms with Crippen molar-refractivity contribution in [2.45, 2.75) is 32.7 Å². The molecule has 1 unspecified atom stereocenters. The van der Waals surface area contributed by atoms with Gasteiger partial charge in [0.15, 0.2) is 0 Å². The van der Waals surface area contributed by atoms with Gasteiger partial charge in [0.2, 0.25) is 0 Å². The van der Waals surface area contributed by atoms with Crippen LogP contribution in [0, 0.1) is 6.92 Å². The largest absolute Gasteiger partial charge is 0.306 e. The molecule has 1 aliphatic heterocycles. The molecule has 2 aromatic rings. The van der Waals surface area contributed by atoms with Gasteiger partial charge in [0.05, 0.1) is 6.04 Å². The molecule has 1 atom stereocenters. The van der Waals surface area contributed by atoms with Crippen LogP contribution in [0.15, 0.2) is 42.5 Å². The maximum Gasteiger partial charge on any atom is 0.0582 e. The molecule has 1 heterocycles. The lowest BCUT2D eigenvalue weighted by atomic mass is 9.87. The smallest absolute Gasteiger partial charge is 0.0582 e. The number of benzene rings is 2. The zero-order valence-corrected chi connectivity index (χ0v) is 11.7. The third-order valence-electron chi connectivity index (χ3n) is 4.16. The fraction of sp³-hybridized carbons (Fsp3) is 0.333. The number of rotatable bonds is 2. The van der Waals surface area contributed by atoms with Gasteiger partial charge in [-0.25, -0.2) is 0 Å². The van der Waals surface area contributed by atoms with E-state index in [2.05, 4.69) is 61.6 Å². The van der Waals surface area contributed by atoms with Gasteiger partial charge < -0.3 is 5.32 Å². The van der Waals surface area contributed by atoms with Gasteiger partial charge in [-0.05, 0) is 47.6 Å². The van der Waals surface area contributed by atoms with E-state index in [-0.39, 0.29) is 0 Å². The summed E-state index contributed by atoms with van der Waals surface area (Å²) in [7, 11) is 0. The molecule has 0 saturated heterocycles. The molecule has 1 nitrogen and oxygen atoms in total. The van der Waals surface area contributed by atoms with E-state index in [0.717, 1.165) is 19.4 Å². The Morgan fingerprint density at radius 3 is 2.74 bits per heavy atom. The first-order valence-electron chi connectivity index (χ1n) is 7.20. The van der Waals surface area contributed by atoms with Gasteiger partial charge in [0.1, 0.15) is 0 Å². The van der Waals surface area contributed by atoms with Gasteiger partial charge in [-0.2, -0.15) is 0 Å². The minimum Gasteiger partial charge on any atom is -0.306 e. The van der Waals surface area contributed by atoms with Crippen molar-refractivity contribution < 1.29 is 0 Å². The van der Waals surface area contributed by atoms with Gasteiger partial charge in [0, 0.05) is 6.54 Å². The van der Waals surface area contributed by atoms with Crippen molar-refractivity contribution >= 4 is 0 Å². The van der Waals surface area contributed by atoms with Crippen LogP contribution in [0.1, 0.15) is 40.8 Å².